The molecule has 0 aromatic rings. The number of hydrogen-bond donors (Lipinski definition) is 2. The minimum absolute atomic E-state index is 0.102. The van der Waals surface area contributed by atoms with E-state index in [-0.39, 0.29) is 13.0 Å². The van der Waals surface area contributed by atoms with E-state index >= 15 is 0 Å². The molecule has 1 aliphatic heterocycles. The Labute approximate surface area is 67.9 Å². The number of imide groups is 1. The van der Waals surface area contributed by atoms with Crippen LogP contribution in [0.3, 0.4) is 0 Å². The summed E-state index contributed by atoms with van der Waals surface area (Å²) in [6, 6.07) is -0.885. The van der Waals surface area contributed by atoms with Gasteiger partial charge in [-0.1, -0.05) is 0 Å². The van der Waals surface area contributed by atoms with E-state index in [9.17, 15) is 14.4 Å². The number of aliphatic carboxylic acids is 1. The van der Waals surface area contributed by atoms with Gasteiger partial charge < -0.3 is 10.8 Å². The molecule has 0 aromatic heterocycles. The van der Waals surface area contributed by atoms with Crippen molar-refractivity contribution >= 4 is 17.9 Å². The fourth-order valence-electron chi connectivity index (χ4n) is 1.13. The smallest absolute Gasteiger partial charge is 0.321 e. The number of amides is 3. The van der Waals surface area contributed by atoms with E-state index in [4.69, 9.17) is 10.8 Å². The number of rotatable bonds is 1. The number of likely N-dealkylation sites (tertiary alicyclic amines) is 1. The molecule has 1 unspecified atom stereocenters. The van der Waals surface area contributed by atoms with E-state index in [1.165, 1.54) is 0 Å². The molecular weight excluding hydrogens is 164 g/mol. The highest BCUT2D eigenvalue weighted by atomic mass is 16.4. The van der Waals surface area contributed by atoms with E-state index in [2.05, 4.69) is 0 Å². The summed E-state index contributed by atoms with van der Waals surface area (Å²) in [7, 11) is 0. The van der Waals surface area contributed by atoms with E-state index in [1.54, 1.807) is 0 Å². The number of primary amides is 1. The van der Waals surface area contributed by atoms with Gasteiger partial charge in [-0.3, -0.25) is 14.5 Å². The molecule has 6 heteroatoms. The highest BCUT2D eigenvalue weighted by Crippen LogP contribution is 2.17. The summed E-state index contributed by atoms with van der Waals surface area (Å²) in [5.41, 5.74) is 4.82. The Hall–Kier alpha value is -1.59. The van der Waals surface area contributed by atoms with Gasteiger partial charge in [0.25, 0.3) is 0 Å². The monoisotopic (exact) mass is 172 g/mol. The predicted octanol–water partition coefficient (Wildman–Crippen LogP) is -1.00. The molecule has 12 heavy (non-hydrogen) atoms. The molecule has 66 valence electrons. The first-order valence-electron chi connectivity index (χ1n) is 3.37. The van der Waals surface area contributed by atoms with Gasteiger partial charge in [-0.25, -0.2) is 4.79 Å². The lowest BCUT2D eigenvalue weighted by Crippen LogP contribution is -2.38. The van der Waals surface area contributed by atoms with Crippen molar-refractivity contribution in [2.45, 2.75) is 6.42 Å². The summed E-state index contributed by atoms with van der Waals surface area (Å²) in [6.45, 7) is 0.102. The van der Waals surface area contributed by atoms with Crippen LogP contribution in [0.2, 0.25) is 0 Å². The number of nitrogens with two attached hydrogens (primary N) is 1. The zero-order valence-corrected chi connectivity index (χ0v) is 6.19. The van der Waals surface area contributed by atoms with Crippen LogP contribution in [0.1, 0.15) is 6.42 Å². The topological polar surface area (TPSA) is 101 Å². The number of carbonyl (C=O) groups excluding carboxylic acids is 2. The lowest BCUT2D eigenvalue weighted by atomic mass is 10.1. The number of nitrogens with zero attached hydrogens (tertiary/aromatic N) is 1. The first-order chi connectivity index (χ1) is 5.54. The van der Waals surface area contributed by atoms with Crippen molar-refractivity contribution in [2.24, 2.45) is 11.7 Å². The van der Waals surface area contributed by atoms with Gasteiger partial charge in [0.2, 0.25) is 5.91 Å². The van der Waals surface area contributed by atoms with Gasteiger partial charge in [0.15, 0.2) is 0 Å². The highest BCUT2D eigenvalue weighted by molar-refractivity contribution is 6.05. The number of carboxylic acid groups (broad SMARTS) is 1. The van der Waals surface area contributed by atoms with Crippen LogP contribution in [-0.2, 0) is 9.59 Å². The number of carbonyl (C=O) groups is 3. The molecule has 1 heterocycles. The average Bonchev–Trinajstić information content (AvgIpc) is 2.30. The third-order valence-corrected chi connectivity index (χ3v) is 1.77. The summed E-state index contributed by atoms with van der Waals surface area (Å²) in [5, 5.41) is 8.48. The Morgan fingerprint density at radius 3 is 2.42 bits per heavy atom. The van der Waals surface area contributed by atoms with Gasteiger partial charge in [0, 0.05) is 6.54 Å². The fraction of sp³-hybridized carbons (Fsp3) is 0.500. The van der Waals surface area contributed by atoms with Crippen LogP contribution in [0.4, 0.5) is 4.79 Å². The summed E-state index contributed by atoms with van der Waals surface area (Å²) < 4.78 is 0. The Balaban J connectivity index is 2.74. The molecule has 1 saturated heterocycles. The van der Waals surface area contributed by atoms with Gasteiger partial charge in [-0.15, -0.1) is 0 Å². The normalized spacial score (nSPS) is 22.8. The second kappa shape index (κ2) is 2.80. The lowest BCUT2D eigenvalue weighted by Gasteiger charge is -2.08. The SMILES string of the molecule is NC(=O)N1CCC(C(=O)O)C1=O. The quantitative estimate of drug-likeness (QED) is 0.495. The molecule has 0 saturated carbocycles. The third kappa shape index (κ3) is 1.23. The van der Waals surface area contributed by atoms with Crippen molar-refractivity contribution < 1.29 is 19.5 Å². The molecule has 0 spiro atoms. The zero-order valence-electron chi connectivity index (χ0n) is 6.19. The van der Waals surface area contributed by atoms with Gasteiger partial charge in [0.05, 0.1) is 0 Å². The standard InChI is InChI=1S/C6H8N2O4/c7-6(12)8-2-1-3(4(8)9)5(10)11/h3H,1-2H2,(H2,7,12)(H,10,11). The van der Waals surface area contributed by atoms with Crippen molar-refractivity contribution in [3.63, 3.8) is 0 Å². The first kappa shape index (κ1) is 8.51. The number of carboxylic acids is 1. The molecule has 1 aliphatic rings. The third-order valence-electron chi connectivity index (χ3n) is 1.77. The maximum absolute atomic E-state index is 11.0. The molecule has 3 N–H and O–H groups in total. The Morgan fingerprint density at radius 1 is 1.58 bits per heavy atom. The molecule has 0 radical (unpaired) electrons. The zero-order chi connectivity index (χ0) is 9.30. The minimum Gasteiger partial charge on any atom is -0.481 e. The van der Waals surface area contributed by atoms with Gasteiger partial charge >= 0.3 is 12.0 Å². The van der Waals surface area contributed by atoms with Crippen LogP contribution < -0.4 is 5.73 Å². The number of hydrogen-bond acceptors (Lipinski definition) is 3. The van der Waals surface area contributed by atoms with Crippen LogP contribution >= 0.6 is 0 Å². The highest BCUT2D eigenvalue weighted by Gasteiger charge is 2.39. The minimum atomic E-state index is -1.20. The summed E-state index contributed by atoms with van der Waals surface area (Å²) in [4.78, 5) is 32.7. The number of urea groups is 1. The van der Waals surface area contributed by atoms with Crippen molar-refractivity contribution in [1.82, 2.24) is 4.90 Å². The van der Waals surface area contributed by atoms with Gasteiger partial charge in [-0.2, -0.15) is 0 Å². The van der Waals surface area contributed by atoms with Crippen molar-refractivity contribution in [3.05, 3.63) is 0 Å². The van der Waals surface area contributed by atoms with Crippen LogP contribution in [0, 0.1) is 5.92 Å². The van der Waals surface area contributed by atoms with Crippen molar-refractivity contribution in [2.75, 3.05) is 6.54 Å². The predicted molar refractivity (Wildman–Crippen MR) is 37.0 cm³/mol. The maximum atomic E-state index is 11.0. The lowest BCUT2D eigenvalue weighted by molar-refractivity contribution is -0.146. The molecule has 0 bridgehead atoms. The molecule has 0 aliphatic carbocycles. The van der Waals surface area contributed by atoms with Crippen LogP contribution in [0.5, 0.6) is 0 Å². The van der Waals surface area contributed by atoms with Crippen LogP contribution in [-0.4, -0.2) is 34.5 Å². The van der Waals surface area contributed by atoms with E-state index in [1.807, 2.05) is 0 Å². The molecular formula is C6H8N2O4. The molecule has 6 nitrogen and oxygen atoms in total. The summed E-state index contributed by atoms with van der Waals surface area (Å²) >= 11 is 0. The molecule has 1 rings (SSSR count). The largest absolute Gasteiger partial charge is 0.481 e. The molecule has 0 aromatic carbocycles. The molecule has 3 amide bonds. The average molecular weight is 172 g/mol. The van der Waals surface area contributed by atoms with E-state index < -0.39 is 23.8 Å². The summed E-state index contributed by atoms with van der Waals surface area (Å²) in [6.07, 6.45) is 0.150. The van der Waals surface area contributed by atoms with Crippen LogP contribution in [0.15, 0.2) is 0 Å². The van der Waals surface area contributed by atoms with Gasteiger partial charge in [-0.05, 0) is 6.42 Å². The second-order valence-corrected chi connectivity index (χ2v) is 2.51. The van der Waals surface area contributed by atoms with E-state index in [0.717, 1.165) is 4.90 Å². The maximum Gasteiger partial charge on any atom is 0.321 e. The Morgan fingerprint density at radius 2 is 2.17 bits per heavy atom. The second-order valence-electron chi connectivity index (χ2n) is 2.51. The fourth-order valence-corrected chi connectivity index (χ4v) is 1.13. The summed E-state index contributed by atoms with van der Waals surface area (Å²) in [5.74, 6) is -3.02. The van der Waals surface area contributed by atoms with Crippen LogP contribution in [0.25, 0.3) is 0 Å². The molecule has 1 fully saturated rings. The van der Waals surface area contributed by atoms with Gasteiger partial charge in [0.1, 0.15) is 5.92 Å². The van der Waals surface area contributed by atoms with Crippen molar-refractivity contribution in [1.29, 1.82) is 0 Å². The van der Waals surface area contributed by atoms with Crippen molar-refractivity contribution in [3.8, 4) is 0 Å². The first-order valence-corrected chi connectivity index (χ1v) is 3.37. The molecule has 1 atom stereocenters. The Bertz CT molecular complexity index is 226. The van der Waals surface area contributed by atoms with E-state index in [0.29, 0.717) is 0 Å². The Kier molecular flexibility index (Phi) is 1.99.